The smallest absolute Gasteiger partial charge is 0.223 e. The molecule has 0 aromatic heterocycles. The van der Waals surface area contributed by atoms with Gasteiger partial charge in [0.05, 0.1) is 6.10 Å². The Morgan fingerprint density at radius 2 is 2.00 bits per heavy atom. The second kappa shape index (κ2) is 6.02. The van der Waals surface area contributed by atoms with Crippen LogP contribution in [0.2, 0.25) is 0 Å². The molecule has 2 unspecified atom stereocenters. The topological polar surface area (TPSA) is 50.4 Å². The number of amides is 1. The van der Waals surface area contributed by atoms with Crippen molar-refractivity contribution in [1.29, 1.82) is 0 Å². The van der Waals surface area contributed by atoms with Crippen LogP contribution in [0.4, 0.5) is 0 Å². The standard InChI is InChI=1S/C16H28N2O2/c1-2-20-14-11-13(16(14)7-3-4-8-16)17-9-10-18-15(19)12-5-6-12/h12-14,17H,2-11H2,1H3,(H,18,19). The maximum absolute atomic E-state index is 11.6. The molecule has 4 heteroatoms. The van der Waals surface area contributed by atoms with Gasteiger partial charge in [-0.15, -0.1) is 0 Å². The van der Waals surface area contributed by atoms with Crippen LogP contribution in [0, 0.1) is 11.3 Å². The number of nitrogens with one attached hydrogen (secondary N) is 2. The number of ether oxygens (including phenoxy) is 1. The van der Waals surface area contributed by atoms with Crippen LogP contribution >= 0.6 is 0 Å². The third-order valence-corrected chi connectivity index (χ3v) is 5.45. The Kier molecular flexibility index (Phi) is 4.32. The van der Waals surface area contributed by atoms with Gasteiger partial charge in [0.2, 0.25) is 5.91 Å². The molecule has 3 rings (SSSR count). The molecule has 0 bridgehead atoms. The van der Waals surface area contributed by atoms with Crippen molar-refractivity contribution in [3.05, 3.63) is 0 Å². The predicted molar refractivity (Wildman–Crippen MR) is 78.5 cm³/mol. The Balaban J connectivity index is 1.40. The van der Waals surface area contributed by atoms with E-state index in [1.54, 1.807) is 0 Å². The Morgan fingerprint density at radius 3 is 2.65 bits per heavy atom. The monoisotopic (exact) mass is 280 g/mol. The van der Waals surface area contributed by atoms with Gasteiger partial charge in [0.1, 0.15) is 0 Å². The van der Waals surface area contributed by atoms with Crippen molar-refractivity contribution in [3.63, 3.8) is 0 Å². The average molecular weight is 280 g/mol. The number of hydrogen-bond acceptors (Lipinski definition) is 3. The van der Waals surface area contributed by atoms with Gasteiger partial charge in [-0.1, -0.05) is 12.8 Å². The molecule has 20 heavy (non-hydrogen) atoms. The van der Waals surface area contributed by atoms with Crippen molar-refractivity contribution in [2.24, 2.45) is 11.3 Å². The minimum atomic E-state index is 0.253. The van der Waals surface area contributed by atoms with Gasteiger partial charge in [0.25, 0.3) is 0 Å². The Morgan fingerprint density at radius 1 is 1.25 bits per heavy atom. The van der Waals surface area contributed by atoms with Crippen molar-refractivity contribution < 1.29 is 9.53 Å². The number of hydrogen-bond donors (Lipinski definition) is 2. The molecule has 0 aromatic carbocycles. The molecule has 0 saturated heterocycles. The van der Waals surface area contributed by atoms with Gasteiger partial charge in [0, 0.05) is 37.1 Å². The van der Waals surface area contributed by atoms with E-state index in [9.17, 15) is 4.79 Å². The van der Waals surface area contributed by atoms with E-state index in [2.05, 4.69) is 17.6 Å². The summed E-state index contributed by atoms with van der Waals surface area (Å²) in [5.41, 5.74) is 0.399. The molecular formula is C16H28N2O2. The van der Waals surface area contributed by atoms with E-state index in [0.29, 0.717) is 23.5 Å². The molecule has 0 radical (unpaired) electrons. The van der Waals surface area contributed by atoms with Crippen LogP contribution in [-0.2, 0) is 9.53 Å². The lowest BCUT2D eigenvalue weighted by molar-refractivity contribution is -0.130. The second-order valence-corrected chi connectivity index (χ2v) is 6.69. The van der Waals surface area contributed by atoms with Gasteiger partial charge in [-0.3, -0.25) is 4.79 Å². The van der Waals surface area contributed by atoms with Crippen LogP contribution in [0.1, 0.15) is 51.9 Å². The lowest BCUT2D eigenvalue weighted by Gasteiger charge is -2.54. The molecular weight excluding hydrogens is 252 g/mol. The summed E-state index contributed by atoms with van der Waals surface area (Å²) in [5.74, 6) is 0.574. The molecule has 0 aliphatic heterocycles. The molecule has 1 amide bonds. The highest BCUT2D eigenvalue weighted by molar-refractivity contribution is 5.80. The van der Waals surface area contributed by atoms with Gasteiger partial charge in [-0.2, -0.15) is 0 Å². The first-order valence-corrected chi connectivity index (χ1v) is 8.39. The van der Waals surface area contributed by atoms with E-state index < -0.39 is 0 Å². The first-order valence-electron chi connectivity index (χ1n) is 8.39. The molecule has 4 nitrogen and oxygen atoms in total. The zero-order chi connectivity index (χ0) is 14.0. The second-order valence-electron chi connectivity index (χ2n) is 6.69. The number of rotatable bonds is 7. The fourth-order valence-electron chi connectivity index (χ4n) is 4.09. The molecule has 2 atom stereocenters. The normalized spacial score (nSPS) is 31.2. The van der Waals surface area contributed by atoms with Gasteiger partial charge in [-0.05, 0) is 39.0 Å². The fraction of sp³-hybridized carbons (Fsp3) is 0.938. The summed E-state index contributed by atoms with van der Waals surface area (Å²) >= 11 is 0. The number of carbonyl (C=O) groups is 1. The van der Waals surface area contributed by atoms with Crippen LogP contribution < -0.4 is 10.6 Å². The zero-order valence-electron chi connectivity index (χ0n) is 12.6. The zero-order valence-corrected chi connectivity index (χ0v) is 12.6. The Hall–Kier alpha value is -0.610. The summed E-state index contributed by atoms with van der Waals surface area (Å²) < 4.78 is 5.92. The predicted octanol–water partition coefficient (Wildman–Crippen LogP) is 1.84. The van der Waals surface area contributed by atoms with Crippen molar-refractivity contribution >= 4 is 5.91 Å². The lowest BCUT2D eigenvalue weighted by atomic mass is 9.60. The third-order valence-electron chi connectivity index (χ3n) is 5.45. The summed E-state index contributed by atoms with van der Waals surface area (Å²) in [6.07, 6.45) is 9.09. The van der Waals surface area contributed by atoms with Gasteiger partial charge in [-0.25, -0.2) is 0 Å². The fourth-order valence-corrected chi connectivity index (χ4v) is 4.09. The van der Waals surface area contributed by atoms with Crippen molar-refractivity contribution in [3.8, 4) is 0 Å². The quantitative estimate of drug-likeness (QED) is 0.700. The summed E-state index contributed by atoms with van der Waals surface area (Å²) in [5, 5.41) is 6.69. The summed E-state index contributed by atoms with van der Waals surface area (Å²) in [7, 11) is 0. The van der Waals surface area contributed by atoms with Crippen molar-refractivity contribution in [1.82, 2.24) is 10.6 Å². The molecule has 2 N–H and O–H groups in total. The minimum Gasteiger partial charge on any atom is -0.378 e. The van der Waals surface area contributed by atoms with Gasteiger partial charge in [0.15, 0.2) is 0 Å². The van der Waals surface area contributed by atoms with Gasteiger partial charge >= 0.3 is 0 Å². The molecule has 3 aliphatic carbocycles. The molecule has 0 aromatic rings. The largest absolute Gasteiger partial charge is 0.378 e. The highest BCUT2D eigenvalue weighted by Gasteiger charge is 2.56. The molecule has 3 saturated carbocycles. The van der Waals surface area contributed by atoms with Crippen molar-refractivity contribution in [2.45, 2.75) is 64.0 Å². The van der Waals surface area contributed by atoms with E-state index in [1.165, 1.54) is 25.7 Å². The van der Waals surface area contributed by atoms with Crippen LogP contribution in [-0.4, -0.2) is 37.7 Å². The van der Waals surface area contributed by atoms with Crippen LogP contribution in [0.3, 0.4) is 0 Å². The van der Waals surface area contributed by atoms with E-state index in [0.717, 1.165) is 39.0 Å². The average Bonchev–Trinajstić information content (AvgIpc) is 3.16. The molecule has 3 fully saturated rings. The van der Waals surface area contributed by atoms with E-state index in [-0.39, 0.29) is 5.91 Å². The first-order chi connectivity index (χ1) is 9.76. The highest BCUT2D eigenvalue weighted by atomic mass is 16.5. The third kappa shape index (κ3) is 2.73. The van der Waals surface area contributed by atoms with Crippen LogP contribution in [0.25, 0.3) is 0 Å². The summed E-state index contributed by atoms with van der Waals surface area (Å²) in [4.78, 5) is 11.6. The highest BCUT2D eigenvalue weighted by Crippen LogP contribution is 2.54. The minimum absolute atomic E-state index is 0.253. The van der Waals surface area contributed by atoms with E-state index in [4.69, 9.17) is 4.74 Å². The maximum Gasteiger partial charge on any atom is 0.223 e. The lowest BCUT2D eigenvalue weighted by Crippen LogP contribution is -2.63. The SMILES string of the molecule is CCOC1CC(NCCNC(=O)C2CC2)C12CCCC2. The van der Waals surface area contributed by atoms with Crippen LogP contribution in [0.5, 0.6) is 0 Å². The maximum atomic E-state index is 11.6. The number of carbonyl (C=O) groups excluding carboxylic acids is 1. The van der Waals surface area contributed by atoms with E-state index in [1.807, 2.05) is 0 Å². The Labute approximate surface area is 122 Å². The van der Waals surface area contributed by atoms with Gasteiger partial charge < -0.3 is 15.4 Å². The summed E-state index contributed by atoms with van der Waals surface area (Å²) in [6.45, 7) is 4.58. The summed E-state index contributed by atoms with van der Waals surface area (Å²) in [6, 6.07) is 0.597. The van der Waals surface area contributed by atoms with Crippen LogP contribution in [0.15, 0.2) is 0 Å². The Bertz CT molecular complexity index is 348. The van der Waals surface area contributed by atoms with Crippen molar-refractivity contribution in [2.75, 3.05) is 19.7 Å². The molecule has 1 spiro atoms. The molecule has 0 heterocycles. The first kappa shape index (κ1) is 14.3. The molecule has 3 aliphatic rings. The van der Waals surface area contributed by atoms with E-state index >= 15 is 0 Å². The molecule has 114 valence electrons.